The van der Waals surface area contributed by atoms with E-state index in [1.807, 2.05) is 18.4 Å². The molecule has 1 heterocycles. The van der Waals surface area contributed by atoms with Crippen LogP contribution in [0.25, 0.3) is 0 Å². The summed E-state index contributed by atoms with van der Waals surface area (Å²) in [5, 5.41) is 3.40. The van der Waals surface area contributed by atoms with Gasteiger partial charge in [0, 0.05) is 14.2 Å². The first-order valence-corrected chi connectivity index (χ1v) is 7.23. The van der Waals surface area contributed by atoms with Crippen LogP contribution in [0.3, 0.4) is 0 Å². The predicted octanol–water partition coefficient (Wildman–Crippen LogP) is 4.44. The first-order valence-electron chi connectivity index (χ1n) is 5.62. The molecule has 3 heteroatoms. The maximum atomic E-state index is 3.69. The first kappa shape index (κ1) is 12.8. The zero-order valence-electron chi connectivity index (χ0n) is 10.3. The number of benzene rings is 1. The molecule has 0 saturated carbocycles. The molecule has 1 aromatic heterocycles. The highest BCUT2D eigenvalue weighted by Gasteiger charge is 2.17. The Hall–Kier alpha value is -0.640. The molecular formula is C14H16BrNS. The van der Waals surface area contributed by atoms with Gasteiger partial charge >= 0.3 is 0 Å². The van der Waals surface area contributed by atoms with E-state index in [2.05, 4.69) is 65.4 Å². The number of hydrogen-bond acceptors (Lipinski definition) is 2. The van der Waals surface area contributed by atoms with Gasteiger partial charge in [0.25, 0.3) is 0 Å². The molecule has 0 aliphatic heterocycles. The average molecular weight is 310 g/mol. The second kappa shape index (κ2) is 5.34. The molecule has 2 rings (SSSR count). The van der Waals surface area contributed by atoms with Gasteiger partial charge in [-0.15, -0.1) is 11.3 Å². The topological polar surface area (TPSA) is 12.0 Å². The van der Waals surface area contributed by atoms with E-state index in [0.717, 1.165) is 0 Å². The largest absolute Gasteiger partial charge is 0.309 e. The lowest BCUT2D eigenvalue weighted by atomic mass is 10.0. The van der Waals surface area contributed by atoms with E-state index in [1.165, 1.54) is 25.4 Å². The molecule has 1 nitrogen and oxygen atoms in total. The quantitative estimate of drug-likeness (QED) is 0.884. The third-order valence-electron chi connectivity index (χ3n) is 2.87. The number of thiophene rings is 1. The van der Waals surface area contributed by atoms with Crippen molar-refractivity contribution >= 4 is 27.3 Å². The standard InChI is InChI=1S/C14H16BrNS/c1-9-5-4-6-11(13(9)15)14(16-3)12-8-7-10(2)17-12/h4-8,14,16H,1-3H3. The fourth-order valence-electron chi connectivity index (χ4n) is 1.95. The van der Waals surface area contributed by atoms with Crippen molar-refractivity contribution in [3.05, 3.63) is 55.7 Å². The third kappa shape index (κ3) is 2.62. The fraction of sp³-hybridized carbons (Fsp3) is 0.286. The Labute approximate surface area is 115 Å². The van der Waals surface area contributed by atoms with E-state index in [0.29, 0.717) is 0 Å². The molecule has 0 saturated heterocycles. The predicted molar refractivity (Wildman–Crippen MR) is 78.8 cm³/mol. The van der Waals surface area contributed by atoms with Crippen LogP contribution in [-0.2, 0) is 0 Å². The van der Waals surface area contributed by atoms with E-state index in [1.54, 1.807) is 0 Å². The summed E-state index contributed by atoms with van der Waals surface area (Å²) >= 11 is 5.54. The van der Waals surface area contributed by atoms with Crippen LogP contribution in [0.1, 0.15) is 26.9 Å². The molecule has 0 fully saturated rings. The Morgan fingerprint density at radius 3 is 2.53 bits per heavy atom. The van der Waals surface area contributed by atoms with Crippen molar-refractivity contribution in [1.29, 1.82) is 0 Å². The highest BCUT2D eigenvalue weighted by molar-refractivity contribution is 9.10. The van der Waals surface area contributed by atoms with Gasteiger partial charge in [0.1, 0.15) is 0 Å². The number of rotatable bonds is 3. The van der Waals surface area contributed by atoms with E-state index in [-0.39, 0.29) is 6.04 Å². The lowest BCUT2D eigenvalue weighted by Gasteiger charge is -2.17. The van der Waals surface area contributed by atoms with E-state index < -0.39 is 0 Å². The molecule has 1 atom stereocenters. The maximum Gasteiger partial charge on any atom is 0.0679 e. The summed E-state index contributed by atoms with van der Waals surface area (Å²) in [7, 11) is 2.01. The summed E-state index contributed by atoms with van der Waals surface area (Å²) in [4.78, 5) is 2.71. The molecule has 0 spiro atoms. The molecule has 0 radical (unpaired) electrons. The molecule has 0 bridgehead atoms. The van der Waals surface area contributed by atoms with Crippen molar-refractivity contribution in [1.82, 2.24) is 5.32 Å². The van der Waals surface area contributed by atoms with Crippen LogP contribution in [0.5, 0.6) is 0 Å². The zero-order chi connectivity index (χ0) is 12.4. The molecule has 1 N–H and O–H groups in total. The fourth-order valence-corrected chi connectivity index (χ4v) is 3.45. The van der Waals surface area contributed by atoms with Gasteiger partial charge in [-0.25, -0.2) is 0 Å². The highest BCUT2D eigenvalue weighted by Crippen LogP contribution is 2.33. The summed E-state index contributed by atoms with van der Waals surface area (Å²) in [6, 6.07) is 11.1. The zero-order valence-corrected chi connectivity index (χ0v) is 12.7. The molecule has 0 aliphatic rings. The molecule has 1 unspecified atom stereocenters. The van der Waals surface area contributed by atoms with Crippen LogP contribution in [-0.4, -0.2) is 7.05 Å². The average Bonchev–Trinajstić information content (AvgIpc) is 2.72. The van der Waals surface area contributed by atoms with E-state index >= 15 is 0 Å². The lowest BCUT2D eigenvalue weighted by molar-refractivity contribution is 0.700. The van der Waals surface area contributed by atoms with E-state index in [9.17, 15) is 0 Å². The lowest BCUT2D eigenvalue weighted by Crippen LogP contribution is -2.17. The number of halogens is 1. The maximum absolute atomic E-state index is 3.69. The van der Waals surface area contributed by atoms with Crippen LogP contribution in [0.4, 0.5) is 0 Å². The highest BCUT2D eigenvalue weighted by atomic mass is 79.9. The minimum absolute atomic E-state index is 0.267. The SMILES string of the molecule is CNC(c1ccc(C)s1)c1cccc(C)c1Br. The number of nitrogens with one attached hydrogen (secondary N) is 1. The first-order chi connectivity index (χ1) is 8.13. The third-order valence-corrected chi connectivity index (χ3v) is 5.02. The molecule has 2 aromatic rings. The van der Waals surface area contributed by atoms with Crippen LogP contribution in [0, 0.1) is 13.8 Å². The van der Waals surface area contributed by atoms with Crippen molar-refractivity contribution in [3.8, 4) is 0 Å². The summed E-state index contributed by atoms with van der Waals surface area (Å²) in [6.45, 7) is 4.27. The smallest absolute Gasteiger partial charge is 0.0679 e. The van der Waals surface area contributed by atoms with Crippen LogP contribution < -0.4 is 5.32 Å². The van der Waals surface area contributed by atoms with Gasteiger partial charge in [-0.3, -0.25) is 0 Å². The monoisotopic (exact) mass is 309 g/mol. The summed E-state index contributed by atoms with van der Waals surface area (Å²) in [5.41, 5.74) is 2.57. The van der Waals surface area contributed by atoms with Gasteiger partial charge in [0.05, 0.1) is 6.04 Å². The normalized spacial score (nSPS) is 12.7. The summed E-state index contributed by atoms with van der Waals surface area (Å²) in [5.74, 6) is 0. The van der Waals surface area contributed by atoms with Crippen molar-refractivity contribution < 1.29 is 0 Å². The van der Waals surface area contributed by atoms with Gasteiger partial charge in [0.2, 0.25) is 0 Å². The van der Waals surface area contributed by atoms with Crippen LogP contribution in [0.15, 0.2) is 34.8 Å². The molecule has 1 aromatic carbocycles. The Morgan fingerprint density at radius 1 is 1.18 bits per heavy atom. The van der Waals surface area contributed by atoms with Crippen molar-refractivity contribution in [2.24, 2.45) is 0 Å². The van der Waals surface area contributed by atoms with Gasteiger partial charge in [0.15, 0.2) is 0 Å². The molecular weight excluding hydrogens is 294 g/mol. The number of hydrogen-bond donors (Lipinski definition) is 1. The van der Waals surface area contributed by atoms with Gasteiger partial charge < -0.3 is 5.32 Å². The Kier molecular flexibility index (Phi) is 4.02. The summed E-state index contributed by atoms with van der Waals surface area (Å²) < 4.78 is 1.20. The summed E-state index contributed by atoms with van der Waals surface area (Å²) in [6.07, 6.45) is 0. The van der Waals surface area contributed by atoms with Crippen molar-refractivity contribution in [3.63, 3.8) is 0 Å². The minimum atomic E-state index is 0.267. The van der Waals surface area contributed by atoms with Gasteiger partial charge in [-0.2, -0.15) is 0 Å². The van der Waals surface area contributed by atoms with Crippen molar-refractivity contribution in [2.75, 3.05) is 7.05 Å². The van der Waals surface area contributed by atoms with Gasteiger partial charge in [-0.1, -0.05) is 34.1 Å². The Morgan fingerprint density at radius 2 is 1.94 bits per heavy atom. The molecule has 90 valence electrons. The van der Waals surface area contributed by atoms with Crippen LogP contribution >= 0.6 is 27.3 Å². The molecule has 0 aliphatic carbocycles. The van der Waals surface area contributed by atoms with Crippen molar-refractivity contribution in [2.45, 2.75) is 19.9 Å². The second-order valence-electron chi connectivity index (χ2n) is 4.15. The Bertz CT molecular complexity index is 519. The Balaban J connectivity index is 2.45. The second-order valence-corrected chi connectivity index (χ2v) is 6.26. The van der Waals surface area contributed by atoms with Gasteiger partial charge in [-0.05, 0) is 44.2 Å². The minimum Gasteiger partial charge on any atom is -0.309 e. The van der Waals surface area contributed by atoms with E-state index in [4.69, 9.17) is 0 Å². The molecule has 0 amide bonds. The molecule has 17 heavy (non-hydrogen) atoms. The van der Waals surface area contributed by atoms with Crippen LogP contribution in [0.2, 0.25) is 0 Å². The number of aryl methyl sites for hydroxylation is 2.